The fourth-order valence-electron chi connectivity index (χ4n) is 1.79. The van der Waals surface area contributed by atoms with Crippen molar-refractivity contribution in [1.29, 1.82) is 0 Å². The lowest BCUT2D eigenvalue weighted by Gasteiger charge is -2.04. The number of rotatable bonds is 3. The minimum absolute atomic E-state index is 0.0147. The van der Waals surface area contributed by atoms with Crippen LogP contribution in [0.1, 0.15) is 26.4 Å². The van der Waals surface area contributed by atoms with Crippen molar-refractivity contribution in [2.45, 2.75) is 13.8 Å². The quantitative estimate of drug-likeness (QED) is 0.649. The molecule has 0 saturated carbocycles. The van der Waals surface area contributed by atoms with Crippen molar-refractivity contribution >= 4 is 39.1 Å². The molecule has 0 atom stereocenters. The van der Waals surface area contributed by atoms with Crippen molar-refractivity contribution in [3.63, 3.8) is 0 Å². The maximum atomic E-state index is 11.9. The Morgan fingerprint density at radius 2 is 1.89 bits per heavy atom. The van der Waals surface area contributed by atoms with E-state index in [4.69, 9.17) is 0 Å². The molecule has 1 N–H and O–H groups in total. The number of thiophene rings is 1. The standard InChI is InChI=1S/C15H13BrO2S/c1-9-7-11(8-10(2)15(9)18)3-4-12(17)13-5-6-14(16)19-13/h3-8,18H,1-2H3/b4-3+. The topological polar surface area (TPSA) is 37.3 Å². The number of aromatic hydroxyl groups is 1. The second-order valence-corrected chi connectivity index (χ2v) is 6.77. The predicted molar refractivity (Wildman–Crippen MR) is 83.0 cm³/mol. The van der Waals surface area contributed by atoms with E-state index in [9.17, 15) is 9.90 Å². The first-order valence-corrected chi connectivity index (χ1v) is 7.36. The zero-order valence-corrected chi connectivity index (χ0v) is 13.0. The van der Waals surface area contributed by atoms with Gasteiger partial charge in [0, 0.05) is 0 Å². The Morgan fingerprint density at radius 1 is 1.26 bits per heavy atom. The molecule has 0 amide bonds. The summed E-state index contributed by atoms with van der Waals surface area (Å²) in [6.07, 6.45) is 3.33. The van der Waals surface area contributed by atoms with Gasteiger partial charge in [-0.1, -0.05) is 6.08 Å². The number of ketones is 1. The minimum atomic E-state index is -0.0147. The molecule has 2 nitrogen and oxygen atoms in total. The summed E-state index contributed by atoms with van der Waals surface area (Å²) in [6.45, 7) is 3.69. The highest BCUT2D eigenvalue weighted by Gasteiger charge is 2.05. The van der Waals surface area contributed by atoms with Gasteiger partial charge in [0.05, 0.1) is 8.66 Å². The molecule has 0 bridgehead atoms. The van der Waals surface area contributed by atoms with Crippen LogP contribution in [0.4, 0.5) is 0 Å². The van der Waals surface area contributed by atoms with Crippen molar-refractivity contribution in [2.24, 2.45) is 0 Å². The number of carbonyl (C=O) groups excluding carboxylic acids is 1. The third kappa shape index (κ3) is 3.33. The first-order chi connectivity index (χ1) is 8.97. The van der Waals surface area contributed by atoms with Crippen LogP contribution < -0.4 is 0 Å². The van der Waals surface area contributed by atoms with Crippen molar-refractivity contribution in [2.75, 3.05) is 0 Å². The fourth-order valence-corrected chi connectivity index (χ4v) is 3.09. The Balaban J connectivity index is 2.21. The Labute approximate surface area is 124 Å². The lowest BCUT2D eigenvalue weighted by Crippen LogP contribution is -1.89. The number of hydrogen-bond acceptors (Lipinski definition) is 3. The van der Waals surface area contributed by atoms with Crippen LogP contribution in [0.15, 0.2) is 34.1 Å². The van der Waals surface area contributed by atoms with E-state index in [1.165, 1.54) is 11.3 Å². The van der Waals surface area contributed by atoms with Crippen LogP contribution >= 0.6 is 27.3 Å². The maximum Gasteiger partial charge on any atom is 0.195 e. The van der Waals surface area contributed by atoms with Gasteiger partial charge >= 0.3 is 0 Å². The Hall–Kier alpha value is -1.39. The van der Waals surface area contributed by atoms with Gasteiger partial charge in [-0.3, -0.25) is 4.79 Å². The summed E-state index contributed by atoms with van der Waals surface area (Å²) in [5.74, 6) is 0.296. The largest absolute Gasteiger partial charge is 0.507 e. The smallest absolute Gasteiger partial charge is 0.195 e. The average Bonchev–Trinajstić information content (AvgIpc) is 2.79. The zero-order chi connectivity index (χ0) is 14.0. The van der Waals surface area contributed by atoms with E-state index >= 15 is 0 Å². The van der Waals surface area contributed by atoms with E-state index in [0.29, 0.717) is 10.6 Å². The number of allylic oxidation sites excluding steroid dienone is 1. The second-order valence-electron chi connectivity index (χ2n) is 4.30. The van der Waals surface area contributed by atoms with Crippen molar-refractivity contribution in [3.8, 4) is 5.75 Å². The van der Waals surface area contributed by atoms with Gasteiger partial charge in [0.1, 0.15) is 5.75 Å². The van der Waals surface area contributed by atoms with E-state index in [-0.39, 0.29) is 5.78 Å². The first kappa shape index (κ1) is 14.0. The van der Waals surface area contributed by atoms with E-state index in [1.54, 1.807) is 18.2 Å². The Kier molecular flexibility index (Phi) is 4.22. The van der Waals surface area contributed by atoms with E-state index in [1.807, 2.05) is 32.0 Å². The predicted octanol–water partition coefficient (Wildman–Crippen LogP) is 4.73. The molecular weight excluding hydrogens is 324 g/mol. The third-order valence-electron chi connectivity index (χ3n) is 2.76. The number of carbonyl (C=O) groups is 1. The highest BCUT2D eigenvalue weighted by atomic mass is 79.9. The summed E-state index contributed by atoms with van der Waals surface area (Å²) >= 11 is 4.75. The van der Waals surface area contributed by atoms with Crippen molar-refractivity contribution in [3.05, 3.63) is 55.7 Å². The van der Waals surface area contributed by atoms with E-state index < -0.39 is 0 Å². The van der Waals surface area contributed by atoms with Crippen LogP contribution in [-0.4, -0.2) is 10.9 Å². The van der Waals surface area contributed by atoms with Gasteiger partial charge in [-0.15, -0.1) is 11.3 Å². The van der Waals surface area contributed by atoms with Gasteiger partial charge in [-0.05, 0) is 76.8 Å². The molecule has 2 rings (SSSR count). The van der Waals surface area contributed by atoms with Gasteiger partial charge in [0.15, 0.2) is 5.78 Å². The highest BCUT2D eigenvalue weighted by molar-refractivity contribution is 9.11. The summed E-state index contributed by atoms with van der Waals surface area (Å²) in [5, 5.41) is 9.69. The van der Waals surface area contributed by atoms with Crippen LogP contribution in [0.3, 0.4) is 0 Å². The molecule has 4 heteroatoms. The SMILES string of the molecule is Cc1cc(/C=C/C(=O)c2ccc(Br)s2)cc(C)c1O. The van der Waals surface area contributed by atoms with Crippen LogP contribution in [0.5, 0.6) is 5.75 Å². The maximum absolute atomic E-state index is 11.9. The zero-order valence-electron chi connectivity index (χ0n) is 10.6. The lowest BCUT2D eigenvalue weighted by molar-refractivity contribution is 0.105. The number of benzene rings is 1. The minimum Gasteiger partial charge on any atom is -0.507 e. The molecule has 0 fully saturated rings. The molecular formula is C15H13BrO2S. The van der Waals surface area contributed by atoms with Gasteiger partial charge < -0.3 is 5.11 Å². The number of halogens is 1. The highest BCUT2D eigenvalue weighted by Crippen LogP contribution is 2.25. The number of phenols is 1. The van der Waals surface area contributed by atoms with Gasteiger partial charge in [-0.25, -0.2) is 0 Å². The average molecular weight is 337 g/mol. The number of phenolic OH excluding ortho intramolecular Hbond substituents is 1. The molecule has 1 aromatic carbocycles. The molecule has 0 unspecified atom stereocenters. The third-order valence-corrected chi connectivity index (χ3v) is 4.39. The van der Waals surface area contributed by atoms with Crippen LogP contribution in [0.25, 0.3) is 6.08 Å². The molecule has 0 aliphatic carbocycles. The summed E-state index contributed by atoms with van der Waals surface area (Å²) in [5.41, 5.74) is 2.54. The van der Waals surface area contributed by atoms with Crippen LogP contribution in [0.2, 0.25) is 0 Å². The monoisotopic (exact) mass is 336 g/mol. The molecule has 0 aliphatic heterocycles. The normalized spacial score (nSPS) is 11.1. The first-order valence-electron chi connectivity index (χ1n) is 5.75. The van der Waals surface area contributed by atoms with E-state index in [0.717, 1.165) is 20.5 Å². The Morgan fingerprint density at radius 3 is 2.42 bits per heavy atom. The van der Waals surface area contributed by atoms with Crippen LogP contribution in [0, 0.1) is 13.8 Å². The molecule has 0 saturated heterocycles. The van der Waals surface area contributed by atoms with Crippen LogP contribution in [-0.2, 0) is 0 Å². The summed E-state index contributed by atoms with van der Waals surface area (Å²) in [7, 11) is 0. The van der Waals surface area contributed by atoms with Crippen molar-refractivity contribution in [1.82, 2.24) is 0 Å². The number of aryl methyl sites for hydroxylation is 2. The molecule has 0 spiro atoms. The summed E-state index contributed by atoms with van der Waals surface area (Å²) in [4.78, 5) is 12.6. The van der Waals surface area contributed by atoms with Gasteiger partial charge in [-0.2, -0.15) is 0 Å². The molecule has 1 heterocycles. The van der Waals surface area contributed by atoms with Gasteiger partial charge in [0.25, 0.3) is 0 Å². The lowest BCUT2D eigenvalue weighted by atomic mass is 10.1. The fraction of sp³-hybridized carbons (Fsp3) is 0.133. The van der Waals surface area contributed by atoms with Crippen molar-refractivity contribution < 1.29 is 9.90 Å². The molecule has 1 aromatic heterocycles. The second kappa shape index (κ2) is 5.72. The van der Waals surface area contributed by atoms with E-state index in [2.05, 4.69) is 15.9 Å². The molecule has 0 radical (unpaired) electrons. The summed E-state index contributed by atoms with van der Waals surface area (Å²) < 4.78 is 0.945. The Bertz CT molecular complexity index is 633. The molecule has 2 aromatic rings. The molecule has 19 heavy (non-hydrogen) atoms. The number of hydrogen-bond donors (Lipinski definition) is 1. The molecule has 0 aliphatic rings. The molecule has 98 valence electrons. The van der Waals surface area contributed by atoms with Gasteiger partial charge in [0.2, 0.25) is 0 Å². The summed E-state index contributed by atoms with van der Waals surface area (Å²) in [6, 6.07) is 7.38.